The summed E-state index contributed by atoms with van der Waals surface area (Å²) in [4.78, 5) is 15.6. The molecule has 2 saturated heterocycles. The molecule has 120 valence electrons. The zero-order valence-electron chi connectivity index (χ0n) is 12.9. The van der Waals surface area contributed by atoms with Crippen LogP contribution in [-0.4, -0.2) is 32.5 Å². The van der Waals surface area contributed by atoms with Crippen molar-refractivity contribution in [2.24, 2.45) is 0 Å². The van der Waals surface area contributed by atoms with Crippen molar-refractivity contribution < 1.29 is 9.18 Å². The van der Waals surface area contributed by atoms with Crippen LogP contribution < -0.4 is 0 Å². The SMILES string of the molecule is Cc1nnsc1C(=O)N1[C@@H]2CC[C@H]1C[C@@H](c1ccc(F)cc1)C2. The van der Waals surface area contributed by atoms with E-state index in [1.54, 1.807) is 0 Å². The number of hydrogen-bond donors (Lipinski definition) is 0. The van der Waals surface area contributed by atoms with E-state index in [-0.39, 0.29) is 23.8 Å². The molecule has 3 atom stereocenters. The maximum atomic E-state index is 13.1. The predicted octanol–water partition coefficient (Wildman–Crippen LogP) is 3.54. The van der Waals surface area contributed by atoms with Crippen LogP contribution in [0.4, 0.5) is 4.39 Å². The molecule has 1 amide bonds. The number of piperidine rings is 1. The van der Waals surface area contributed by atoms with Gasteiger partial charge in [-0.3, -0.25) is 4.79 Å². The van der Waals surface area contributed by atoms with Crippen LogP contribution in [0.1, 0.15) is 52.5 Å². The van der Waals surface area contributed by atoms with Crippen molar-refractivity contribution in [1.82, 2.24) is 14.5 Å². The van der Waals surface area contributed by atoms with Crippen LogP contribution in [0.25, 0.3) is 0 Å². The summed E-state index contributed by atoms with van der Waals surface area (Å²) in [6, 6.07) is 7.38. The van der Waals surface area contributed by atoms with Gasteiger partial charge in [0.1, 0.15) is 10.7 Å². The number of benzene rings is 1. The molecule has 0 unspecified atom stereocenters. The summed E-state index contributed by atoms with van der Waals surface area (Å²) >= 11 is 1.19. The van der Waals surface area contributed by atoms with Gasteiger partial charge in [-0.2, -0.15) is 0 Å². The van der Waals surface area contributed by atoms with Crippen LogP contribution >= 0.6 is 11.5 Å². The molecule has 2 aliphatic rings. The Hall–Kier alpha value is -1.82. The minimum Gasteiger partial charge on any atom is -0.332 e. The second-order valence-corrected chi connectivity index (χ2v) is 7.26. The Morgan fingerprint density at radius 2 is 1.87 bits per heavy atom. The maximum Gasteiger partial charge on any atom is 0.268 e. The zero-order valence-corrected chi connectivity index (χ0v) is 13.7. The highest BCUT2D eigenvalue weighted by Gasteiger charge is 2.44. The first-order valence-electron chi connectivity index (χ1n) is 8.00. The Morgan fingerprint density at radius 1 is 1.22 bits per heavy atom. The lowest BCUT2D eigenvalue weighted by atomic mass is 9.85. The van der Waals surface area contributed by atoms with Gasteiger partial charge in [0.05, 0.1) is 5.69 Å². The van der Waals surface area contributed by atoms with Gasteiger partial charge in [-0.25, -0.2) is 4.39 Å². The molecule has 23 heavy (non-hydrogen) atoms. The standard InChI is InChI=1S/C17H18FN3OS/c1-10-16(23-20-19-10)17(22)21-14-6-7-15(21)9-12(8-14)11-2-4-13(18)5-3-11/h2-5,12,14-15H,6-9H2,1H3/t12-,14+,15-. The van der Waals surface area contributed by atoms with E-state index in [0.717, 1.165) is 31.4 Å². The Kier molecular flexibility index (Phi) is 3.64. The predicted molar refractivity (Wildman–Crippen MR) is 86.0 cm³/mol. The molecule has 1 aromatic heterocycles. The van der Waals surface area contributed by atoms with E-state index in [1.807, 2.05) is 19.1 Å². The van der Waals surface area contributed by atoms with Crippen LogP contribution in [0.3, 0.4) is 0 Å². The van der Waals surface area contributed by atoms with Crippen molar-refractivity contribution in [3.8, 4) is 0 Å². The molecular formula is C17H18FN3OS. The lowest BCUT2D eigenvalue weighted by molar-refractivity contribution is 0.0575. The van der Waals surface area contributed by atoms with E-state index in [0.29, 0.717) is 10.8 Å². The first kappa shape index (κ1) is 14.8. The lowest BCUT2D eigenvalue weighted by Crippen LogP contribution is -2.46. The number of aryl methyl sites for hydroxylation is 1. The lowest BCUT2D eigenvalue weighted by Gasteiger charge is -2.39. The zero-order chi connectivity index (χ0) is 16.0. The summed E-state index contributed by atoms with van der Waals surface area (Å²) in [5, 5.41) is 3.96. The molecule has 2 aliphatic heterocycles. The molecule has 0 aliphatic carbocycles. The molecule has 0 saturated carbocycles. The summed E-state index contributed by atoms with van der Waals surface area (Å²) < 4.78 is 17.0. The van der Waals surface area contributed by atoms with E-state index in [9.17, 15) is 9.18 Å². The van der Waals surface area contributed by atoms with Crippen LogP contribution in [0, 0.1) is 12.7 Å². The van der Waals surface area contributed by atoms with Crippen molar-refractivity contribution in [3.63, 3.8) is 0 Å². The number of halogens is 1. The van der Waals surface area contributed by atoms with E-state index in [2.05, 4.69) is 14.5 Å². The molecule has 4 nitrogen and oxygen atoms in total. The van der Waals surface area contributed by atoms with E-state index < -0.39 is 0 Å². The molecule has 0 spiro atoms. The van der Waals surface area contributed by atoms with Gasteiger partial charge in [0.15, 0.2) is 0 Å². The summed E-state index contributed by atoms with van der Waals surface area (Å²) in [6.45, 7) is 1.84. The summed E-state index contributed by atoms with van der Waals surface area (Å²) in [6.07, 6.45) is 4.02. The fourth-order valence-electron chi connectivity index (χ4n) is 4.06. The number of carbonyl (C=O) groups is 1. The second-order valence-electron chi connectivity index (χ2n) is 6.50. The number of fused-ring (bicyclic) bond motifs is 2. The van der Waals surface area contributed by atoms with Crippen molar-refractivity contribution in [2.75, 3.05) is 0 Å². The molecule has 0 radical (unpaired) electrons. The fourth-order valence-corrected chi connectivity index (χ4v) is 4.66. The Morgan fingerprint density at radius 3 is 2.43 bits per heavy atom. The van der Waals surface area contributed by atoms with Crippen LogP contribution in [-0.2, 0) is 0 Å². The Labute approximate surface area is 138 Å². The number of hydrogen-bond acceptors (Lipinski definition) is 4. The van der Waals surface area contributed by atoms with Crippen LogP contribution in [0.5, 0.6) is 0 Å². The number of rotatable bonds is 2. The number of aromatic nitrogens is 2. The minimum absolute atomic E-state index is 0.0857. The third-order valence-electron chi connectivity index (χ3n) is 5.15. The maximum absolute atomic E-state index is 13.1. The highest BCUT2D eigenvalue weighted by Crippen LogP contribution is 2.43. The molecule has 1 aromatic carbocycles. The van der Waals surface area contributed by atoms with Crippen molar-refractivity contribution >= 4 is 17.4 Å². The highest BCUT2D eigenvalue weighted by molar-refractivity contribution is 7.07. The molecular weight excluding hydrogens is 313 g/mol. The van der Waals surface area contributed by atoms with Crippen molar-refractivity contribution in [3.05, 3.63) is 46.2 Å². The summed E-state index contributed by atoms with van der Waals surface area (Å²) in [5.74, 6) is 0.304. The van der Waals surface area contributed by atoms with Gasteiger partial charge in [0.25, 0.3) is 5.91 Å². The van der Waals surface area contributed by atoms with E-state index >= 15 is 0 Å². The molecule has 0 N–H and O–H groups in total. The van der Waals surface area contributed by atoms with Gasteiger partial charge in [0.2, 0.25) is 0 Å². The number of amides is 1. The Balaban J connectivity index is 1.55. The first-order valence-corrected chi connectivity index (χ1v) is 8.78. The summed E-state index contributed by atoms with van der Waals surface area (Å²) in [5.41, 5.74) is 1.91. The smallest absolute Gasteiger partial charge is 0.268 e. The van der Waals surface area contributed by atoms with Gasteiger partial charge in [-0.05, 0) is 67.8 Å². The molecule has 2 fully saturated rings. The van der Waals surface area contributed by atoms with Crippen LogP contribution in [0.15, 0.2) is 24.3 Å². The summed E-state index contributed by atoms with van der Waals surface area (Å²) in [7, 11) is 0. The largest absolute Gasteiger partial charge is 0.332 e. The minimum atomic E-state index is -0.197. The van der Waals surface area contributed by atoms with E-state index in [1.165, 1.54) is 29.2 Å². The van der Waals surface area contributed by atoms with Gasteiger partial charge in [0, 0.05) is 12.1 Å². The van der Waals surface area contributed by atoms with Gasteiger partial charge in [-0.15, -0.1) is 5.10 Å². The molecule has 6 heteroatoms. The van der Waals surface area contributed by atoms with Gasteiger partial charge < -0.3 is 4.90 Å². The first-order chi connectivity index (χ1) is 11.1. The second kappa shape index (κ2) is 5.67. The monoisotopic (exact) mass is 331 g/mol. The molecule has 2 bridgehead atoms. The van der Waals surface area contributed by atoms with Gasteiger partial charge >= 0.3 is 0 Å². The van der Waals surface area contributed by atoms with Gasteiger partial charge in [-0.1, -0.05) is 16.6 Å². The number of nitrogens with zero attached hydrogens (tertiary/aromatic N) is 3. The van der Waals surface area contributed by atoms with Crippen molar-refractivity contribution in [1.29, 1.82) is 0 Å². The quantitative estimate of drug-likeness (QED) is 0.845. The topological polar surface area (TPSA) is 46.1 Å². The Bertz CT molecular complexity index is 716. The highest BCUT2D eigenvalue weighted by atomic mass is 32.1. The molecule has 4 rings (SSSR count). The average Bonchev–Trinajstić information content (AvgIpc) is 3.08. The fraction of sp³-hybridized carbons (Fsp3) is 0.471. The number of carbonyl (C=O) groups excluding carboxylic acids is 1. The molecule has 3 heterocycles. The molecule has 2 aromatic rings. The third-order valence-corrected chi connectivity index (χ3v) is 5.97. The third kappa shape index (κ3) is 2.55. The van der Waals surface area contributed by atoms with E-state index in [4.69, 9.17) is 0 Å². The average molecular weight is 331 g/mol. The van der Waals surface area contributed by atoms with Crippen molar-refractivity contribution in [2.45, 2.75) is 50.6 Å². The van der Waals surface area contributed by atoms with Crippen LogP contribution in [0.2, 0.25) is 0 Å². The normalized spacial score (nSPS) is 26.5.